The number of halogens is 3. The number of fused-ring (bicyclic) bond motifs is 1. The van der Waals surface area contributed by atoms with Gasteiger partial charge in [0.2, 0.25) is 0 Å². The standard InChI is InChI=1S/C28H33F3N2O3/c1-35-22-4-5-26-25(16-22)24(19(17-29)18-33-26)3-2-7-28(8-10-32-11-9-28)27(34)6-12-36-23-14-20(30)13-21(31)15-23/h4-5,13-16,18,27,32,34H,2-3,6-12,17H2,1H3. The Morgan fingerprint density at radius 2 is 1.83 bits per heavy atom. The molecule has 2 aromatic carbocycles. The van der Waals surface area contributed by atoms with Crippen molar-refractivity contribution in [3.8, 4) is 11.5 Å². The fourth-order valence-corrected chi connectivity index (χ4v) is 5.30. The van der Waals surface area contributed by atoms with Gasteiger partial charge < -0.3 is 19.9 Å². The van der Waals surface area contributed by atoms with Crippen LogP contribution in [0.4, 0.5) is 13.2 Å². The van der Waals surface area contributed by atoms with Gasteiger partial charge in [0.25, 0.3) is 0 Å². The minimum atomic E-state index is -0.700. The topological polar surface area (TPSA) is 63.6 Å². The third kappa shape index (κ3) is 6.10. The van der Waals surface area contributed by atoms with Gasteiger partial charge in [-0.2, -0.15) is 0 Å². The molecule has 0 aliphatic carbocycles. The molecular weight excluding hydrogens is 469 g/mol. The van der Waals surface area contributed by atoms with E-state index in [1.54, 1.807) is 13.3 Å². The number of methoxy groups -OCH3 is 1. The maximum atomic E-state index is 13.8. The van der Waals surface area contributed by atoms with E-state index in [9.17, 15) is 18.3 Å². The summed E-state index contributed by atoms with van der Waals surface area (Å²) in [5, 5.41) is 15.5. The van der Waals surface area contributed by atoms with E-state index in [2.05, 4.69) is 10.3 Å². The summed E-state index contributed by atoms with van der Waals surface area (Å²) in [4.78, 5) is 4.39. The second kappa shape index (κ2) is 11.9. The van der Waals surface area contributed by atoms with Crippen LogP contribution in [0.1, 0.15) is 43.2 Å². The minimum Gasteiger partial charge on any atom is -0.497 e. The van der Waals surface area contributed by atoms with Gasteiger partial charge in [-0.3, -0.25) is 4.98 Å². The highest BCUT2D eigenvalue weighted by atomic mass is 19.1. The Kier molecular flexibility index (Phi) is 8.69. The second-order valence-electron chi connectivity index (χ2n) is 9.50. The highest BCUT2D eigenvalue weighted by Gasteiger charge is 2.38. The van der Waals surface area contributed by atoms with Crippen molar-refractivity contribution in [3.05, 3.63) is 65.4 Å². The zero-order valence-corrected chi connectivity index (χ0v) is 20.5. The first-order valence-electron chi connectivity index (χ1n) is 12.4. The maximum Gasteiger partial charge on any atom is 0.129 e. The molecule has 0 radical (unpaired) electrons. The lowest BCUT2D eigenvalue weighted by Gasteiger charge is -2.42. The average Bonchev–Trinajstić information content (AvgIpc) is 2.88. The number of pyridine rings is 1. The quantitative estimate of drug-likeness (QED) is 0.362. The number of benzene rings is 2. The van der Waals surface area contributed by atoms with Crippen molar-refractivity contribution in [1.82, 2.24) is 10.3 Å². The van der Waals surface area contributed by atoms with Gasteiger partial charge in [-0.15, -0.1) is 0 Å². The summed E-state index contributed by atoms with van der Waals surface area (Å²) in [6.07, 6.45) is 5.14. The summed E-state index contributed by atoms with van der Waals surface area (Å²) in [5.41, 5.74) is 1.99. The molecule has 1 saturated heterocycles. The van der Waals surface area contributed by atoms with E-state index in [1.807, 2.05) is 18.2 Å². The van der Waals surface area contributed by atoms with Gasteiger partial charge in [0, 0.05) is 41.8 Å². The molecule has 4 rings (SSSR count). The molecule has 36 heavy (non-hydrogen) atoms. The molecule has 2 N–H and O–H groups in total. The molecule has 0 saturated carbocycles. The molecule has 1 atom stereocenters. The normalized spacial score (nSPS) is 16.1. The monoisotopic (exact) mass is 502 g/mol. The molecule has 0 bridgehead atoms. The van der Waals surface area contributed by atoms with Crippen molar-refractivity contribution >= 4 is 10.9 Å². The lowest BCUT2D eigenvalue weighted by atomic mass is 9.69. The summed E-state index contributed by atoms with van der Waals surface area (Å²) in [5.74, 6) is -0.591. The van der Waals surface area contributed by atoms with Gasteiger partial charge in [-0.1, -0.05) is 0 Å². The maximum absolute atomic E-state index is 13.8. The van der Waals surface area contributed by atoms with E-state index >= 15 is 0 Å². The van der Waals surface area contributed by atoms with Crippen molar-refractivity contribution in [1.29, 1.82) is 0 Å². The van der Waals surface area contributed by atoms with Crippen molar-refractivity contribution < 1.29 is 27.8 Å². The number of aliphatic hydroxyl groups is 1. The van der Waals surface area contributed by atoms with Crippen LogP contribution < -0.4 is 14.8 Å². The molecule has 1 aliphatic rings. The van der Waals surface area contributed by atoms with Crippen molar-refractivity contribution in [2.45, 2.75) is 51.3 Å². The Morgan fingerprint density at radius 1 is 1.08 bits per heavy atom. The van der Waals surface area contributed by atoms with Crippen molar-refractivity contribution in [2.75, 3.05) is 26.8 Å². The second-order valence-corrected chi connectivity index (χ2v) is 9.50. The number of aliphatic hydroxyl groups excluding tert-OH is 1. The molecule has 0 spiro atoms. The van der Waals surface area contributed by atoms with E-state index in [-0.39, 0.29) is 17.8 Å². The molecule has 1 aliphatic heterocycles. The Labute approximate surface area is 209 Å². The van der Waals surface area contributed by atoms with Crippen LogP contribution >= 0.6 is 0 Å². The highest BCUT2D eigenvalue weighted by molar-refractivity contribution is 5.84. The van der Waals surface area contributed by atoms with Gasteiger partial charge >= 0.3 is 0 Å². The number of ether oxygens (including phenoxy) is 2. The number of piperidine rings is 1. The molecule has 1 fully saturated rings. The lowest BCUT2D eigenvalue weighted by Crippen LogP contribution is -2.45. The zero-order chi connectivity index (χ0) is 25.5. The largest absolute Gasteiger partial charge is 0.497 e. The van der Waals surface area contributed by atoms with Gasteiger partial charge in [0.15, 0.2) is 0 Å². The summed E-state index contributed by atoms with van der Waals surface area (Å²) >= 11 is 0. The lowest BCUT2D eigenvalue weighted by molar-refractivity contribution is -0.0189. The first-order chi connectivity index (χ1) is 17.4. The first kappa shape index (κ1) is 26.2. The van der Waals surface area contributed by atoms with Crippen LogP contribution in [0.2, 0.25) is 0 Å². The van der Waals surface area contributed by atoms with Crippen LogP contribution in [-0.4, -0.2) is 43.0 Å². The number of nitrogens with zero attached hydrogens (tertiary/aromatic N) is 1. The van der Waals surface area contributed by atoms with Gasteiger partial charge in [-0.25, -0.2) is 13.2 Å². The molecule has 1 aromatic heterocycles. The van der Waals surface area contributed by atoms with Crippen molar-refractivity contribution in [2.24, 2.45) is 5.41 Å². The first-order valence-corrected chi connectivity index (χ1v) is 12.4. The van der Waals surface area contributed by atoms with Crippen molar-refractivity contribution in [3.63, 3.8) is 0 Å². The third-order valence-corrected chi connectivity index (χ3v) is 7.32. The molecular formula is C28H33F3N2O3. The SMILES string of the molecule is COc1ccc2ncc(CF)c(CCCC3(C(O)CCOc4cc(F)cc(F)c4)CCNCC3)c2c1. The van der Waals surface area contributed by atoms with Crippen LogP contribution in [0.5, 0.6) is 11.5 Å². The Balaban J connectivity index is 1.44. The molecule has 194 valence electrons. The molecule has 3 aromatic rings. The van der Waals surface area contributed by atoms with Gasteiger partial charge in [-0.05, 0) is 74.4 Å². The van der Waals surface area contributed by atoms with E-state index in [1.165, 1.54) is 0 Å². The molecule has 0 amide bonds. The number of aryl methyl sites for hydroxylation is 1. The van der Waals surface area contributed by atoms with Crippen LogP contribution in [0, 0.1) is 17.0 Å². The summed E-state index contributed by atoms with van der Waals surface area (Å²) in [7, 11) is 1.60. The molecule has 8 heteroatoms. The number of aromatic nitrogens is 1. The van der Waals surface area contributed by atoms with E-state index in [0.717, 1.165) is 73.4 Å². The number of hydrogen-bond acceptors (Lipinski definition) is 5. The summed E-state index contributed by atoms with van der Waals surface area (Å²) in [6.45, 7) is 1.17. The summed E-state index contributed by atoms with van der Waals surface area (Å²) < 4.78 is 51.6. The minimum absolute atomic E-state index is 0.109. The van der Waals surface area contributed by atoms with Gasteiger partial charge in [0.05, 0.1) is 25.3 Å². The number of hydrogen-bond donors (Lipinski definition) is 2. The van der Waals surface area contributed by atoms with E-state index < -0.39 is 24.4 Å². The molecule has 2 heterocycles. The Hall–Kier alpha value is -2.84. The van der Waals surface area contributed by atoms with E-state index in [4.69, 9.17) is 9.47 Å². The Bertz CT molecular complexity index is 1140. The number of rotatable bonds is 11. The predicted octanol–water partition coefficient (Wildman–Crippen LogP) is 5.51. The smallest absolute Gasteiger partial charge is 0.129 e. The zero-order valence-electron chi connectivity index (χ0n) is 20.5. The fourth-order valence-electron chi connectivity index (χ4n) is 5.30. The fraction of sp³-hybridized carbons (Fsp3) is 0.464. The highest BCUT2D eigenvalue weighted by Crippen LogP contribution is 2.40. The van der Waals surface area contributed by atoms with Crippen LogP contribution in [-0.2, 0) is 13.1 Å². The van der Waals surface area contributed by atoms with Crippen LogP contribution in [0.15, 0.2) is 42.6 Å². The summed E-state index contributed by atoms with van der Waals surface area (Å²) in [6, 6.07) is 8.68. The van der Waals surface area contributed by atoms with Gasteiger partial charge in [0.1, 0.15) is 29.8 Å². The van der Waals surface area contributed by atoms with Crippen LogP contribution in [0.25, 0.3) is 10.9 Å². The number of nitrogens with one attached hydrogen (secondary N) is 1. The Morgan fingerprint density at radius 3 is 2.53 bits per heavy atom. The van der Waals surface area contributed by atoms with Crippen LogP contribution in [0.3, 0.4) is 0 Å². The average molecular weight is 503 g/mol. The van der Waals surface area contributed by atoms with E-state index in [0.29, 0.717) is 24.2 Å². The molecule has 5 nitrogen and oxygen atoms in total. The predicted molar refractivity (Wildman–Crippen MR) is 133 cm³/mol. The molecule has 1 unspecified atom stereocenters. The number of alkyl halides is 1. The third-order valence-electron chi connectivity index (χ3n) is 7.32.